The van der Waals surface area contributed by atoms with Crippen LogP contribution >= 0.6 is 15.9 Å². The van der Waals surface area contributed by atoms with Crippen LogP contribution in [0.3, 0.4) is 0 Å². The van der Waals surface area contributed by atoms with Crippen LogP contribution in [0.5, 0.6) is 0 Å². The third kappa shape index (κ3) is 4.23. The SMILES string of the molecule is CCCNCc1c(Br)cnn1CCN(C)C. The Hall–Kier alpha value is -0.390. The zero-order chi connectivity index (χ0) is 12.0. The molecule has 0 saturated carbocycles. The fourth-order valence-electron chi connectivity index (χ4n) is 1.43. The molecule has 1 aromatic heterocycles. The normalized spacial score (nSPS) is 11.3. The maximum absolute atomic E-state index is 4.37. The van der Waals surface area contributed by atoms with Gasteiger partial charge in [0.2, 0.25) is 0 Å². The molecule has 0 bridgehead atoms. The number of halogens is 1. The fourth-order valence-corrected chi connectivity index (χ4v) is 1.87. The van der Waals surface area contributed by atoms with Crippen LogP contribution < -0.4 is 5.32 Å². The molecule has 1 N–H and O–H groups in total. The minimum atomic E-state index is 0.877. The van der Waals surface area contributed by atoms with Crippen molar-refractivity contribution in [1.82, 2.24) is 20.0 Å². The van der Waals surface area contributed by atoms with Crippen molar-refractivity contribution in [2.75, 3.05) is 27.2 Å². The van der Waals surface area contributed by atoms with Crippen molar-refractivity contribution in [3.63, 3.8) is 0 Å². The average molecular weight is 289 g/mol. The van der Waals surface area contributed by atoms with Gasteiger partial charge >= 0.3 is 0 Å². The fraction of sp³-hybridized carbons (Fsp3) is 0.727. The van der Waals surface area contributed by atoms with Crippen molar-refractivity contribution < 1.29 is 0 Å². The number of hydrogen-bond acceptors (Lipinski definition) is 3. The largest absolute Gasteiger partial charge is 0.311 e. The van der Waals surface area contributed by atoms with Gasteiger partial charge in [-0.2, -0.15) is 5.10 Å². The third-order valence-electron chi connectivity index (χ3n) is 2.38. The summed E-state index contributed by atoms with van der Waals surface area (Å²) in [5.41, 5.74) is 1.23. The van der Waals surface area contributed by atoms with Gasteiger partial charge in [0, 0.05) is 13.1 Å². The zero-order valence-electron chi connectivity index (χ0n) is 10.3. The van der Waals surface area contributed by atoms with Crippen molar-refractivity contribution in [3.8, 4) is 0 Å². The summed E-state index contributed by atoms with van der Waals surface area (Å²) in [5, 5.41) is 7.77. The number of rotatable bonds is 7. The first-order chi connectivity index (χ1) is 7.65. The lowest BCUT2D eigenvalue weighted by Gasteiger charge is -2.12. The standard InChI is InChI=1S/C11H21BrN4/c1-4-5-13-9-11-10(12)8-14-16(11)7-6-15(2)3/h8,13H,4-7,9H2,1-3H3. The van der Waals surface area contributed by atoms with Gasteiger partial charge in [-0.15, -0.1) is 0 Å². The van der Waals surface area contributed by atoms with Crippen molar-refractivity contribution in [1.29, 1.82) is 0 Å². The molecular weight excluding hydrogens is 268 g/mol. The summed E-state index contributed by atoms with van der Waals surface area (Å²) in [4.78, 5) is 2.17. The van der Waals surface area contributed by atoms with E-state index >= 15 is 0 Å². The molecule has 0 amide bonds. The smallest absolute Gasteiger partial charge is 0.0664 e. The highest BCUT2D eigenvalue weighted by molar-refractivity contribution is 9.10. The summed E-state index contributed by atoms with van der Waals surface area (Å²) in [6.45, 7) is 6.04. The Morgan fingerprint density at radius 2 is 2.25 bits per heavy atom. The summed E-state index contributed by atoms with van der Waals surface area (Å²) in [5.74, 6) is 0. The van der Waals surface area contributed by atoms with Crippen LogP contribution in [0.25, 0.3) is 0 Å². The van der Waals surface area contributed by atoms with E-state index in [-0.39, 0.29) is 0 Å². The Kier molecular flexibility index (Phi) is 6.01. The quantitative estimate of drug-likeness (QED) is 0.776. The van der Waals surface area contributed by atoms with Crippen molar-refractivity contribution in [2.45, 2.75) is 26.4 Å². The maximum Gasteiger partial charge on any atom is 0.0664 e. The van der Waals surface area contributed by atoms with Crippen LogP contribution in [0.4, 0.5) is 0 Å². The molecule has 92 valence electrons. The van der Waals surface area contributed by atoms with Crippen molar-refractivity contribution in [3.05, 3.63) is 16.4 Å². The Morgan fingerprint density at radius 1 is 1.50 bits per heavy atom. The molecule has 0 aliphatic carbocycles. The molecule has 0 atom stereocenters. The number of likely N-dealkylation sites (N-methyl/N-ethyl adjacent to an activating group) is 1. The first-order valence-corrected chi connectivity index (χ1v) is 6.50. The van der Waals surface area contributed by atoms with Crippen molar-refractivity contribution >= 4 is 15.9 Å². The third-order valence-corrected chi connectivity index (χ3v) is 3.04. The number of aromatic nitrogens is 2. The van der Waals surface area contributed by atoms with Crippen LogP contribution in [-0.2, 0) is 13.1 Å². The maximum atomic E-state index is 4.37. The lowest BCUT2D eigenvalue weighted by atomic mass is 10.4. The van der Waals surface area contributed by atoms with Gasteiger partial charge in [0.05, 0.1) is 22.9 Å². The topological polar surface area (TPSA) is 33.1 Å². The zero-order valence-corrected chi connectivity index (χ0v) is 11.9. The highest BCUT2D eigenvalue weighted by Crippen LogP contribution is 2.15. The van der Waals surface area contributed by atoms with E-state index in [0.29, 0.717) is 0 Å². The summed E-state index contributed by atoms with van der Waals surface area (Å²) in [7, 11) is 4.15. The van der Waals surface area contributed by atoms with E-state index in [9.17, 15) is 0 Å². The van der Waals surface area contributed by atoms with Gasteiger partial charge in [-0.1, -0.05) is 6.92 Å². The molecule has 1 rings (SSSR count). The molecule has 16 heavy (non-hydrogen) atoms. The molecule has 0 aromatic carbocycles. The van der Waals surface area contributed by atoms with Gasteiger partial charge in [-0.3, -0.25) is 4.68 Å². The van der Waals surface area contributed by atoms with E-state index in [4.69, 9.17) is 0 Å². The molecule has 4 nitrogen and oxygen atoms in total. The molecule has 0 saturated heterocycles. The van der Waals surface area contributed by atoms with E-state index in [1.165, 1.54) is 5.69 Å². The Morgan fingerprint density at radius 3 is 2.88 bits per heavy atom. The molecule has 0 unspecified atom stereocenters. The van der Waals surface area contributed by atoms with E-state index in [1.807, 2.05) is 6.20 Å². The van der Waals surface area contributed by atoms with E-state index in [2.05, 4.69) is 56.9 Å². The van der Waals surface area contributed by atoms with Gasteiger partial charge in [-0.05, 0) is 43.0 Å². The second-order valence-electron chi connectivity index (χ2n) is 4.14. The van der Waals surface area contributed by atoms with Crippen LogP contribution in [-0.4, -0.2) is 41.9 Å². The predicted octanol–water partition coefficient (Wildman–Crippen LogP) is 1.71. The van der Waals surface area contributed by atoms with Gasteiger partial charge in [0.15, 0.2) is 0 Å². The van der Waals surface area contributed by atoms with Crippen molar-refractivity contribution in [2.24, 2.45) is 0 Å². The highest BCUT2D eigenvalue weighted by Gasteiger charge is 2.07. The molecule has 1 aromatic rings. The van der Waals surface area contributed by atoms with Crippen LogP contribution in [0, 0.1) is 0 Å². The van der Waals surface area contributed by atoms with Crippen LogP contribution in [0.1, 0.15) is 19.0 Å². The molecular formula is C11H21BrN4. The highest BCUT2D eigenvalue weighted by atomic mass is 79.9. The second kappa shape index (κ2) is 7.04. The van der Waals surface area contributed by atoms with Gasteiger partial charge in [0.1, 0.15) is 0 Å². The second-order valence-corrected chi connectivity index (χ2v) is 5.00. The van der Waals surface area contributed by atoms with Gasteiger partial charge < -0.3 is 10.2 Å². The van der Waals surface area contributed by atoms with Gasteiger partial charge in [-0.25, -0.2) is 0 Å². The number of hydrogen-bond donors (Lipinski definition) is 1. The predicted molar refractivity (Wildman–Crippen MR) is 70.5 cm³/mol. The molecule has 0 aliphatic rings. The van der Waals surface area contributed by atoms with Crippen LogP contribution in [0.2, 0.25) is 0 Å². The van der Waals surface area contributed by atoms with E-state index < -0.39 is 0 Å². The van der Waals surface area contributed by atoms with E-state index in [0.717, 1.165) is 37.1 Å². The lowest BCUT2D eigenvalue weighted by Crippen LogP contribution is -2.22. The summed E-state index contributed by atoms with van der Waals surface area (Å²) in [6, 6.07) is 0. The molecule has 5 heteroatoms. The molecule has 0 spiro atoms. The monoisotopic (exact) mass is 288 g/mol. The minimum Gasteiger partial charge on any atom is -0.311 e. The Balaban J connectivity index is 2.55. The summed E-state index contributed by atoms with van der Waals surface area (Å²) >= 11 is 3.54. The molecule has 0 fully saturated rings. The summed E-state index contributed by atoms with van der Waals surface area (Å²) in [6.07, 6.45) is 3.03. The first kappa shape index (κ1) is 13.7. The number of nitrogens with one attached hydrogen (secondary N) is 1. The number of nitrogens with zero attached hydrogens (tertiary/aromatic N) is 3. The Bertz CT molecular complexity index is 309. The minimum absolute atomic E-state index is 0.877. The summed E-state index contributed by atoms with van der Waals surface area (Å²) < 4.78 is 3.15. The van der Waals surface area contributed by atoms with Crippen LogP contribution in [0.15, 0.2) is 10.7 Å². The molecule has 0 aliphatic heterocycles. The first-order valence-electron chi connectivity index (χ1n) is 5.70. The van der Waals surface area contributed by atoms with E-state index in [1.54, 1.807) is 0 Å². The van der Waals surface area contributed by atoms with Gasteiger partial charge in [0.25, 0.3) is 0 Å². The lowest BCUT2D eigenvalue weighted by molar-refractivity contribution is 0.368. The molecule has 1 heterocycles. The molecule has 0 radical (unpaired) electrons. The average Bonchev–Trinajstić information content (AvgIpc) is 2.58. The Labute approximate surface area is 106 Å².